The first kappa shape index (κ1) is 15.8. The minimum absolute atomic E-state index is 0.292. The van der Waals surface area contributed by atoms with Gasteiger partial charge in [0.05, 0.1) is 12.0 Å². The molecular weight excluding hydrogens is 282 g/mol. The number of benzene rings is 1. The molecule has 0 saturated heterocycles. The zero-order valence-corrected chi connectivity index (χ0v) is 14.1. The van der Waals surface area contributed by atoms with Crippen LogP contribution in [-0.2, 0) is 6.54 Å². The summed E-state index contributed by atoms with van der Waals surface area (Å²) in [5.41, 5.74) is 2.64. The number of rotatable bonds is 6. The SMILES string of the molecule is COc1nc(N(C)C)sc1CN[C@@H](C)c1ccccc1C. The number of hydrogen-bond donors (Lipinski definition) is 1. The summed E-state index contributed by atoms with van der Waals surface area (Å²) in [5, 5.41) is 4.52. The molecule has 1 aromatic heterocycles. The van der Waals surface area contributed by atoms with Crippen molar-refractivity contribution in [3.8, 4) is 5.88 Å². The van der Waals surface area contributed by atoms with Gasteiger partial charge in [0.2, 0.25) is 5.88 Å². The second-order valence-corrected chi connectivity index (χ2v) is 6.34. The van der Waals surface area contributed by atoms with E-state index in [1.165, 1.54) is 11.1 Å². The molecule has 0 saturated carbocycles. The molecule has 1 N–H and O–H groups in total. The summed E-state index contributed by atoms with van der Waals surface area (Å²) >= 11 is 1.66. The van der Waals surface area contributed by atoms with E-state index in [1.54, 1.807) is 18.4 Å². The number of hydrogen-bond acceptors (Lipinski definition) is 5. The fourth-order valence-electron chi connectivity index (χ4n) is 2.22. The van der Waals surface area contributed by atoms with Crippen LogP contribution in [0.2, 0.25) is 0 Å². The third kappa shape index (κ3) is 3.74. The molecule has 0 amide bonds. The van der Waals surface area contributed by atoms with Crippen molar-refractivity contribution in [3.63, 3.8) is 0 Å². The third-order valence-electron chi connectivity index (χ3n) is 3.45. The highest BCUT2D eigenvalue weighted by atomic mass is 32.1. The van der Waals surface area contributed by atoms with Gasteiger partial charge in [0, 0.05) is 26.7 Å². The Morgan fingerprint density at radius 3 is 2.67 bits per heavy atom. The van der Waals surface area contributed by atoms with Gasteiger partial charge >= 0.3 is 0 Å². The number of anilines is 1. The summed E-state index contributed by atoms with van der Waals surface area (Å²) in [6, 6.07) is 8.76. The molecule has 2 rings (SSSR count). The quantitative estimate of drug-likeness (QED) is 0.888. The first-order valence-corrected chi connectivity index (χ1v) is 7.84. The maximum atomic E-state index is 5.37. The molecule has 1 heterocycles. The molecule has 4 nitrogen and oxygen atoms in total. The first-order chi connectivity index (χ1) is 10.0. The Bertz CT molecular complexity index is 595. The minimum atomic E-state index is 0.292. The van der Waals surface area contributed by atoms with Crippen molar-refractivity contribution in [1.82, 2.24) is 10.3 Å². The summed E-state index contributed by atoms with van der Waals surface area (Å²) in [6.45, 7) is 5.08. The van der Waals surface area contributed by atoms with E-state index >= 15 is 0 Å². The van der Waals surface area contributed by atoms with Gasteiger partial charge in [0.1, 0.15) is 0 Å². The van der Waals surface area contributed by atoms with E-state index in [1.807, 2.05) is 19.0 Å². The predicted molar refractivity (Wildman–Crippen MR) is 89.4 cm³/mol. The van der Waals surface area contributed by atoms with E-state index in [2.05, 4.69) is 48.4 Å². The van der Waals surface area contributed by atoms with Gasteiger partial charge in [0.25, 0.3) is 0 Å². The van der Waals surface area contributed by atoms with Gasteiger partial charge in [-0.15, -0.1) is 0 Å². The van der Waals surface area contributed by atoms with Crippen LogP contribution in [-0.4, -0.2) is 26.2 Å². The van der Waals surface area contributed by atoms with E-state index in [0.717, 1.165) is 16.6 Å². The fraction of sp³-hybridized carbons (Fsp3) is 0.438. The van der Waals surface area contributed by atoms with Gasteiger partial charge in [-0.05, 0) is 25.0 Å². The molecule has 2 aromatic rings. The molecular formula is C16H23N3OS. The smallest absolute Gasteiger partial charge is 0.230 e. The molecule has 1 atom stereocenters. The van der Waals surface area contributed by atoms with Gasteiger partial charge in [0.15, 0.2) is 5.13 Å². The highest BCUT2D eigenvalue weighted by molar-refractivity contribution is 7.15. The van der Waals surface area contributed by atoms with Crippen molar-refractivity contribution in [2.75, 3.05) is 26.1 Å². The Balaban J connectivity index is 2.07. The van der Waals surface area contributed by atoms with E-state index in [-0.39, 0.29) is 0 Å². The third-order valence-corrected chi connectivity index (χ3v) is 4.65. The maximum absolute atomic E-state index is 5.37. The average Bonchev–Trinajstić information content (AvgIpc) is 2.88. The lowest BCUT2D eigenvalue weighted by Crippen LogP contribution is -2.18. The Hall–Kier alpha value is -1.59. The van der Waals surface area contributed by atoms with Crippen molar-refractivity contribution in [2.45, 2.75) is 26.4 Å². The number of nitrogens with one attached hydrogen (secondary N) is 1. The zero-order valence-electron chi connectivity index (χ0n) is 13.3. The van der Waals surface area contributed by atoms with E-state index in [4.69, 9.17) is 4.74 Å². The second-order valence-electron chi connectivity index (χ2n) is 5.28. The standard InChI is InChI=1S/C16H23N3OS/c1-11-8-6-7-9-13(11)12(2)17-10-14-15(20-5)18-16(21-14)19(3)4/h6-9,12,17H,10H2,1-5H3/t12-/m0/s1. The molecule has 114 valence electrons. The van der Waals surface area contributed by atoms with Crippen molar-refractivity contribution < 1.29 is 4.74 Å². The fourth-order valence-corrected chi connectivity index (χ4v) is 3.12. The lowest BCUT2D eigenvalue weighted by atomic mass is 10.0. The Labute approximate surface area is 130 Å². The number of ether oxygens (including phenoxy) is 1. The molecule has 0 aliphatic carbocycles. The highest BCUT2D eigenvalue weighted by Gasteiger charge is 2.14. The Morgan fingerprint density at radius 2 is 2.05 bits per heavy atom. The number of aryl methyl sites for hydroxylation is 1. The van der Waals surface area contributed by atoms with Gasteiger partial charge in [-0.1, -0.05) is 35.6 Å². The topological polar surface area (TPSA) is 37.4 Å². The molecule has 21 heavy (non-hydrogen) atoms. The van der Waals surface area contributed by atoms with Crippen LogP contribution in [0.1, 0.15) is 29.0 Å². The van der Waals surface area contributed by atoms with Crippen LogP contribution in [0, 0.1) is 6.92 Å². The minimum Gasteiger partial charge on any atom is -0.480 e. The van der Waals surface area contributed by atoms with Gasteiger partial charge < -0.3 is 15.0 Å². The molecule has 5 heteroatoms. The monoisotopic (exact) mass is 305 g/mol. The average molecular weight is 305 g/mol. The van der Waals surface area contributed by atoms with Gasteiger partial charge in [-0.2, -0.15) is 4.98 Å². The molecule has 0 unspecified atom stereocenters. The molecule has 1 aromatic carbocycles. The summed E-state index contributed by atoms with van der Waals surface area (Å²) in [5.74, 6) is 0.716. The van der Waals surface area contributed by atoms with Crippen molar-refractivity contribution in [2.24, 2.45) is 0 Å². The zero-order chi connectivity index (χ0) is 15.4. The highest BCUT2D eigenvalue weighted by Crippen LogP contribution is 2.30. The van der Waals surface area contributed by atoms with Crippen LogP contribution in [0.3, 0.4) is 0 Å². The van der Waals surface area contributed by atoms with Crippen LogP contribution in [0.5, 0.6) is 5.88 Å². The Kier molecular flexibility index (Phi) is 5.20. The van der Waals surface area contributed by atoms with Crippen LogP contribution >= 0.6 is 11.3 Å². The Morgan fingerprint density at radius 1 is 1.33 bits per heavy atom. The summed E-state index contributed by atoms with van der Waals surface area (Å²) < 4.78 is 5.37. The summed E-state index contributed by atoms with van der Waals surface area (Å²) in [4.78, 5) is 7.61. The number of thiazole rings is 1. The van der Waals surface area contributed by atoms with Crippen LogP contribution in [0.4, 0.5) is 5.13 Å². The number of aromatic nitrogens is 1. The normalized spacial score (nSPS) is 12.2. The summed E-state index contributed by atoms with van der Waals surface area (Å²) in [7, 11) is 5.65. The van der Waals surface area contributed by atoms with Crippen LogP contribution in [0.25, 0.3) is 0 Å². The molecule has 0 aliphatic heterocycles. The van der Waals surface area contributed by atoms with Gasteiger partial charge in [-0.3, -0.25) is 0 Å². The van der Waals surface area contributed by atoms with Crippen molar-refractivity contribution >= 4 is 16.5 Å². The summed E-state index contributed by atoms with van der Waals surface area (Å²) in [6.07, 6.45) is 0. The van der Waals surface area contributed by atoms with Crippen molar-refractivity contribution in [3.05, 3.63) is 40.3 Å². The first-order valence-electron chi connectivity index (χ1n) is 7.03. The van der Waals surface area contributed by atoms with Crippen molar-refractivity contribution in [1.29, 1.82) is 0 Å². The number of methoxy groups -OCH3 is 1. The van der Waals surface area contributed by atoms with E-state index in [0.29, 0.717) is 11.9 Å². The second kappa shape index (κ2) is 6.91. The molecule has 0 fully saturated rings. The lowest BCUT2D eigenvalue weighted by Gasteiger charge is -2.16. The maximum Gasteiger partial charge on any atom is 0.230 e. The van der Waals surface area contributed by atoms with Crippen LogP contribution in [0.15, 0.2) is 24.3 Å². The largest absolute Gasteiger partial charge is 0.480 e. The predicted octanol–water partition coefficient (Wildman–Crippen LogP) is 3.38. The number of nitrogens with zero attached hydrogens (tertiary/aromatic N) is 2. The lowest BCUT2D eigenvalue weighted by molar-refractivity contribution is 0.393. The molecule has 0 spiro atoms. The van der Waals surface area contributed by atoms with E-state index < -0.39 is 0 Å². The van der Waals surface area contributed by atoms with E-state index in [9.17, 15) is 0 Å². The molecule has 0 radical (unpaired) electrons. The van der Waals surface area contributed by atoms with Gasteiger partial charge in [-0.25, -0.2) is 0 Å². The molecule has 0 aliphatic rings. The molecule has 0 bridgehead atoms. The van der Waals surface area contributed by atoms with Crippen LogP contribution < -0.4 is 15.0 Å².